The summed E-state index contributed by atoms with van der Waals surface area (Å²) in [6.45, 7) is -0.176. The molecule has 0 aromatic carbocycles. The quantitative estimate of drug-likeness (QED) is 0.859. The van der Waals surface area contributed by atoms with E-state index in [0.717, 1.165) is 16.0 Å². The van der Waals surface area contributed by atoms with Crippen LogP contribution in [0.2, 0.25) is 0 Å². The molecule has 9 heteroatoms. The summed E-state index contributed by atoms with van der Waals surface area (Å²) in [4.78, 5) is 11.2. The van der Waals surface area contributed by atoms with Crippen molar-refractivity contribution in [2.75, 3.05) is 0 Å². The lowest BCUT2D eigenvalue weighted by atomic mass is 10.3. The molecule has 0 aliphatic carbocycles. The Hall–Kier alpha value is -1.90. The van der Waals surface area contributed by atoms with Crippen molar-refractivity contribution in [2.24, 2.45) is 0 Å². The molecule has 0 unspecified atom stereocenters. The number of hydrogen-bond acceptors (Lipinski definition) is 3. The molecule has 20 heavy (non-hydrogen) atoms. The second kappa shape index (κ2) is 5.61. The van der Waals surface area contributed by atoms with E-state index in [4.69, 9.17) is 5.11 Å². The third kappa shape index (κ3) is 2.98. The van der Waals surface area contributed by atoms with Gasteiger partial charge in [-0.25, -0.2) is 22.4 Å². The topological polar surface area (TPSA) is 55.1 Å². The third-order valence-corrected chi connectivity index (χ3v) is 3.51. The number of carboxylic acid groups (broad SMARTS) is 1. The van der Waals surface area contributed by atoms with E-state index in [1.54, 1.807) is 0 Å². The van der Waals surface area contributed by atoms with Crippen LogP contribution in [0.1, 0.15) is 38.8 Å². The molecule has 4 nitrogen and oxygen atoms in total. The van der Waals surface area contributed by atoms with Crippen molar-refractivity contribution in [1.82, 2.24) is 9.78 Å². The standard InChI is InChI=1S/C11H8F4N2O2S/c12-9(13)6-3-7(10(14)15)17(16-6)4-5-1-2-8(20-5)11(18)19/h1-3,9-10H,4H2,(H,18,19). The van der Waals surface area contributed by atoms with Crippen molar-refractivity contribution in [2.45, 2.75) is 19.4 Å². The van der Waals surface area contributed by atoms with E-state index < -0.39 is 30.2 Å². The van der Waals surface area contributed by atoms with E-state index in [2.05, 4.69) is 5.10 Å². The minimum absolute atomic E-state index is 0.0415. The lowest BCUT2D eigenvalue weighted by molar-refractivity contribution is 0.0702. The predicted molar refractivity (Wildman–Crippen MR) is 62.5 cm³/mol. The van der Waals surface area contributed by atoms with Crippen molar-refractivity contribution >= 4 is 17.3 Å². The van der Waals surface area contributed by atoms with Gasteiger partial charge in [-0.1, -0.05) is 0 Å². The third-order valence-electron chi connectivity index (χ3n) is 2.46. The fraction of sp³-hybridized carbons (Fsp3) is 0.273. The number of rotatable bonds is 5. The molecule has 0 radical (unpaired) electrons. The first-order valence-electron chi connectivity index (χ1n) is 5.34. The molecular formula is C11H8F4N2O2S. The number of hydrogen-bond donors (Lipinski definition) is 1. The highest BCUT2D eigenvalue weighted by Crippen LogP contribution is 2.26. The summed E-state index contributed by atoms with van der Waals surface area (Å²) in [7, 11) is 0. The number of alkyl halides is 4. The summed E-state index contributed by atoms with van der Waals surface area (Å²) in [6, 6.07) is 3.41. The van der Waals surface area contributed by atoms with Crippen LogP contribution in [0.15, 0.2) is 18.2 Å². The van der Waals surface area contributed by atoms with Crippen LogP contribution < -0.4 is 0 Å². The summed E-state index contributed by atoms with van der Waals surface area (Å²) in [5.41, 5.74) is -1.35. The fourth-order valence-corrected chi connectivity index (χ4v) is 2.42. The SMILES string of the molecule is O=C(O)c1ccc(Cn2nc(C(F)F)cc2C(F)F)s1. The Bertz CT molecular complexity index is 624. The summed E-state index contributed by atoms with van der Waals surface area (Å²) in [6.07, 6.45) is -5.87. The van der Waals surface area contributed by atoms with Crippen molar-refractivity contribution in [3.63, 3.8) is 0 Å². The second-order valence-corrected chi connectivity index (χ2v) is 4.99. The predicted octanol–water partition coefficient (Wildman–Crippen LogP) is 3.57. The van der Waals surface area contributed by atoms with Gasteiger partial charge in [0, 0.05) is 4.88 Å². The second-order valence-electron chi connectivity index (χ2n) is 3.82. The molecule has 2 aromatic heterocycles. The maximum absolute atomic E-state index is 12.7. The van der Waals surface area contributed by atoms with E-state index in [0.29, 0.717) is 10.9 Å². The zero-order chi connectivity index (χ0) is 14.9. The Morgan fingerprint density at radius 1 is 1.30 bits per heavy atom. The summed E-state index contributed by atoms with van der Waals surface area (Å²) in [5, 5.41) is 12.2. The molecule has 0 aliphatic rings. The molecule has 108 valence electrons. The van der Waals surface area contributed by atoms with Gasteiger partial charge >= 0.3 is 5.97 Å². The smallest absolute Gasteiger partial charge is 0.345 e. The largest absolute Gasteiger partial charge is 0.477 e. The van der Waals surface area contributed by atoms with E-state index in [-0.39, 0.29) is 11.4 Å². The van der Waals surface area contributed by atoms with Gasteiger partial charge in [-0.3, -0.25) is 4.68 Å². The van der Waals surface area contributed by atoms with Gasteiger partial charge in [0.05, 0.1) is 6.54 Å². The van der Waals surface area contributed by atoms with Crippen LogP contribution in [0, 0.1) is 0 Å². The average Bonchev–Trinajstić information content (AvgIpc) is 2.96. The highest BCUT2D eigenvalue weighted by Gasteiger charge is 2.21. The lowest BCUT2D eigenvalue weighted by Gasteiger charge is -2.04. The molecule has 0 amide bonds. The maximum Gasteiger partial charge on any atom is 0.345 e. The van der Waals surface area contributed by atoms with Crippen molar-refractivity contribution in [3.8, 4) is 0 Å². The molecule has 1 N–H and O–H groups in total. The zero-order valence-corrected chi connectivity index (χ0v) is 10.6. The lowest BCUT2D eigenvalue weighted by Crippen LogP contribution is -2.06. The van der Waals surface area contributed by atoms with Gasteiger partial charge in [-0.2, -0.15) is 5.10 Å². The minimum Gasteiger partial charge on any atom is -0.477 e. The number of carbonyl (C=O) groups is 1. The van der Waals surface area contributed by atoms with Crippen LogP contribution in [0.4, 0.5) is 17.6 Å². The van der Waals surface area contributed by atoms with Gasteiger partial charge in [0.25, 0.3) is 12.9 Å². The highest BCUT2D eigenvalue weighted by atomic mass is 32.1. The van der Waals surface area contributed by atoms with Crippen LogP contribution >= 0.6 is 11.3 Å². The van der Waals surface area contributed by atoms with Crippen molar-refractivity contribution < 1.29 is 27.5 Å². The van der Waals surface area contributed by atoms with Gasteiger partial charge in [0.2, 0.25) is 0 Å². The first-order valence-corrected chi connectivity index (χ1v) is 6.16. The Balaban J connectivity index is 2.29. The van der Waals surface area contributed by atoms with E-state index >= 15 is 0 Å². The van der Waals surface area contributed by atoms with Gasteiger partial charge in [0.15, 0.2) is 0 Å². The molecule has 0 saturated carbocycles. The Kier molecular flexibility index (Phi) is 4.07. The molecule has 0 spiro atoms. The van der Waals surface area contributed by atoms with E-state index in [9.17, 15) is 22.4 Å². The van der Waals surface area contributed by atoms with E-state index in [1.807, 2.05) is 0 Å². The first-order chi connectivity index (χ1) is 9.38. The molecule has 0 aliphatic heterocycles. The van der Waals surface area contributed by atoms with Crippen LogP contribution in [-0.4, -0.2) is 20.9 Å². The molecule has 2 aromatic rings. The van der Waals surface area contributed by atoms with Crippen LogP contribution in [0.25, 0.3) is 0 Å². The van der Waals surface area contributed by atoms with Gasteiger partial charge < -0.3 is 5.11 Å². The number of aromatic nitrogens is 2. The van der Waals surface area contributed by atoms with E-state index in [1.165, 1.54) is 12.1 Å². The number of aromatic carboxylic acids is 1. The number of halogens is 4. The van der Waals surface area contributed by atoms with Crippen LogP contribution in [0.3, 0.4) is 0 Å². The highest BCUT2D eigenvalue weighted by molar-refractivity contribution is 7.13. The normalized spacial score (nSPS) is 11.5. The fourth-order valence-electron chi connectivity index (χ4n) is 1.59. The Morgan fingerprint density at radius 2 is 2.00 bits per heavy atom. The van der Waals surface area contributed by atoms with Crippen LogP contribution in [0.5, 0.6) is 0 Å². The number of nitrogens with zero attached hydrogens (tertiary/aromatic N) is 2. The van der Waals surface area contributed by atoms with Crippen molar-refractivity contribution in [3.05, 3.63) is 39.3 Å². The summed E-state index contributed by atoms with van der Waals surface area (Å²) in [5.74, 6) is -1.14. The molecule has 0 saturated heterocycles. The summed E-state index contributed by atoms with van der Waals surface area (Å²) < 4.78 is 51.2. The van der Waals surface area contributed by atoms with Gasteiger partial charge in [-0.05, 0) is 18.2 Å². The molecule has 2 rings (SSSR count). The first kappa shape index (κ1) is 14.5. The molecule has 2 heterocycles. The monoisotopic (exact) mass is 308 g/mol. The average molecular weight is 308 g/mol. The van der Waals surface area contributed by atoms with Crippen molar-refractivity contribution in [1.29, 1.82) is 0 Å². The summed E-state index contributed by atoms with van der Waals surface area (Å²) >= 11 is 0.881. The number of carboxylic acids is 1. The van der Waals surface area contributed by atoms with Gasteiger partial charge in [0.1, 0.15) is 16.3 Å². The number of thiophene rings is 1. The molecule has 0 bridgehead atoms. The van der Waals surface area contributed by atoms with Crippen LogP contribution in [-0.2, 0) is 6.54 Å². The molecule has 0 atom stereocenters. The van der Waals surface area contributed by atoms with Gasteiger partial charge in [-0.15, -0.1) is 11.3 Å². The minimum atomic E-state index is -2.94. The molecule has 0 fully saturated rings. The Labute approximate surface area is 114 Å². The maximum atomic E-state index is 12.7. The molecular weight excluding hydrogens is 300 g/mol. The Morgan fingerprint density at radius 3 is 2.50 bits per heavy atom. The zero-order valence-electron chi connectivity index (χ0n) is 9.76.